The molecule has 1 amide bonds. The fourth-order valence-electron chi connectivity index (χ4n) is 4.73. The van der Waals surface area contributed by atoms with Gasteiger partial charge in [0.15, 0.2) is 0 Å². The fourth-order valence-corrected chi connectivity index (χ4v) is 4.73. The van der Waals surface area contributed by atoms with Crippen LogP contribution in [0, 0.1) is 0 Å². The Morgan fingerprint density at radius 1 is 1.03 bits per heavy atom. The fraction of sp³-hybridized carbons (Fsp3) is 0.308. The minimum absolute atomic E-state index is 0.139. The predicted octanol–water partition coefficient (Wildman–Crippen LogP) is 4.97. The van der Waals surface area contributed by atoms with Crippen molar-refractivity contribution < 1.29 is 9.53 Å². The van der Waals surface area contributed by atoms with Crippen LogP contribution in [-0.2, 0) is 11.2 Å². The normalized spacial score (nSPS) is 18.2. The molecule has 2 heterocycles. The summed E-state index contributed by atoms with van der Waals surface area (Å²) in [7, 11) is 1.76. The molecule has 1 saturated heterocycles. The van der Waals surface area contributed by atoms with Crippen molar-refractivity contribution >= 4 is 28.5 Å². The number of nitrogens with zero attached hydrogens (tertiary/aromatic N) is 2. The van der Waals surface area contributed by atoms with Crippen molar-refractivity contribution in [3.05, 3.63) is 77.0 Å². The van der Waals surface area contributed by atoms with E-state index in [2.05, 4.69) is 30.3 Å². The molecule has 1 aliphatic carbocycles. The number of pyridine rings is 1. The molecule has 5 rings (SSSR count). The quantitative estimate of drug-likeness (QED) is 0.625. The molecule has 0 unspecified atom stereocenters. The summed E-state index contributed by atoms with van der Waals surface area (Å²) in [6, 6.07) is 18.4. The summed E-state index contributed by atoms with van der Waals surface area (Å²) in [5.74, 6) is 0.139. The minimum Gasteiger partial charge on any atom is -0.381 e. The zero-order chi connectivity index (χ0) is 20.5. The molecule has 152 valence electrons. The van der Waals surface area contributed by atoms with Crippen LogP contribution in [-0.4, -0.2) is 42.1 Å². The first kappa shape index (κ1) is 19.0. The van der Waals surface area contributed by atoms with E-state index in [0.29, 0.717) is 0 Å². The van der Waals surface area contributed by atoms with Crippen molar-refractivity contribution in [2.45, 2.75) is 31.8 Å². The SMILES string of the molecule is COC1CCN(C(=O)c2c3c(nc4ccccc24)C(=Cc2ccccc2)CC3)CC1. The standard InChI is InChI=1S/C26H26N2O2/c1-30-20-13-15-28(16-14-20)26(29)24-21-9-5-6-10-23(21)27-25-19(11-12-22(24)25)17-18-7-3-2-4-8-18/h2-10,17,20H,11-16H2,1H3. The Labute approximate surface area is 177 Å². The number of methoxy groups -OCH3 is 1. The lowest BCUT2D eigenvalue weighted by Gasteiger charge is -2.32. The maximum absolute atomic E-state index is 13.7. The first-order chi connectivity index (χ1) is 14.7. The molecule has 1 aliphatic heterocycles. The number of benzene rings is 2. The maximum Gasteiger partial charge on any atom is 0.254 e. The molecular formula is C26H26N2O2. The number of aromatic nitrogens is 1. The van der Waals surface area contributed by atoms with Crippen LogP contribution in [0.15, 0.2) is 54.6 Å². The Morgan fingerprint density at radius 2 is 1.77 bits per heavy atom. The van der Waals surface area contributed by atoms with E-state index in [-0.39, 0.29) is 12.0 Å². The zero-order valence-corrected chi connectivity index (χ0v) is 17.3. The molecular weight excluding hydrogens is 372 g/mol. The van der Waals surface area contributed by atoms with E-state index in [1.165, 1.54) is 11.1 Å². The number of amides is 1. The summed E-state index contributed by atoms with van der Waals surface area (Å²) in [6.45, 7) is 1.49. The van der Waals surface area contributed by atoms with Gasteiger partial charge in [0, 0.05) is 25.6 Å². The number of carbonyl (C=O) groups is 1. The molecule has 2 aliphatic rings. The Hall–Kier alpha value is -2.98. The molecule has 0 atom stereocenters. The minimum atomic E-state index is 0.139. The van der Waals surface area contributed by atoms with Gasteiger partial charge in [-0.25, -0.2) is 4.98 Å². The van der Waals surface area contributed by atoms with E-state index < -0.39 is 0 Å². The van der Waals surface area contributed by atoms with Crippen LogP contribution in [0.1, 0.15) is 46.4 Å². The first-order valence-electron chi connectivity index (χ1n) is 10.7. The molecule has 2 aromatic carbocycles. The second-order valence-corrected chi connectivity index (χ2v) is 8.14. The van der Waals surface area contributed by atoms with Crippen LogP contribution < -0.4 is 0 Å². The van der Waals surface area contributed by atoms with Gasteiger partial charge in [0.2, 0.25) is 0 Å². The lowest BCUT2D eigenvalue weighted by molar-refractivity contribution is 0.0351. The van der Waals surface area contributed by atoms with Crippen molar-refractivity contribution in [2.75, 3.05) is 20.2 Å². The number of piperidine rings is 1. The average molecular weight is 399 g/mol. The molecule has 1 aromatic heterocycles. The molecule has 0 N–H and O–H groups in total. The Kier molecular flexibility index (Phi) is 5.09. The van der Waals surface area contributed by atoms with E-state index in [1.54, 1.807) is 7.11 Å². The van der Waals surface area contributed by atoms with Gasteiger partial charge in [-0.3, -0.25) is 4.79 Å². The number of carbonyl (C=O) groups excluding carboxylic acids is 1. The third-order valence-electron chi connectivity index (χ3n) is 6.36. The third-order valence-corrected chi connectivity index (χ3v) is 6.36. The monoisotopic (exact) mass is 398 g/mol. The van der Waals surface area contributed by atoms with Crippen LogP contribution in [0.5, 0.6) is 0 Å². The Balaban J connectivity index is 1.59. The van der Waals surface area contributed by atoms with E-state index in [9.17, 15) is 4.79 Å². The van der Waals surface area contributed by atoms with Crippen LogP contribution >= 0.6 is 0 Å². The van der Waals surface area contributed by atoms with Crippen molar-refractivity contribution in [3.8, 4) is 0 Å². The van der Waals surface area contributed by atoms with Gasteiger partial charge in [0.1, 0.15) is 0 Å². The van der Waals surface area contributed by atoms with E-state index in [4.69, 9.17) is 9.72 Å². The second-order valence-electron chi connectivity index (χ2n) is 8.14. The van der Waals surface area contributed by atoms with E-state index in [0.717, 1.165) is 66.5 Å². The number of para-hydroxylation sites is 1. The summed E-state index contributed by atoms with van der Waals surface area (Å²) in [5, 5.41) is 0.969. The molecule has 4 nitrogen and oxygen atoms in total. The predicted molar refractivity (Wildman–Crippen MR) is 120 cm³/mol. The van der Waals surface area contributed by atoms with Crippen LogP contribution in [0.25, 0.3) is 22.6 Å². The summed E-state index contributed by atoms with van der Waals surface area (Å²) in [6.07, 6.45) is 6.04. The van der Waals surface area contributed by atoms with Gasteiger partial charge < -0.3 is 9.64 Å². The van der Waals surface area contributed by atoms with Gasteiger partial charge in [-0.2, -0.15) is 0 Å². The van der Waals surface area contributed by atoms with Crippen molar-refractivity contribution in [1.29, 1.82) is 0 Å². The number of allylic oxidation sites excluding steroid dienone is 1. The van der Waals surface area contributed by atoms with Gasteiger partial charge >= 0.3 is 0 Å². The second kappa shape index (κ2) is 8.04. The molecule has 30 heavy (non-hydrogen) atoms. The number of ether oxygens (including phenoxy) is 1. The van der Waals surface area contributed by atoms with Crippen molar-refractivity contribution in [2.24, 2.45) is 0 Å². The molecule has 0 radical (unpaired) electrons. The third kappa shape index (κ3) is 3.41. The Bertz CT molecular complexity index is 1110. The van der Waals surface area contributed by atoms with Gasteiger partial charge in [-0.1, -0.05) is 48.5 Å². The number of likely N-dealkylation sites (tertiary alicyclic amines) is 1. The van der Waals surface area contributed by atoms with Crippen molar-refractivity contribution in [3.63, 3.8) is 0 Å². The highest BCUT2D eigenvalue weighted by molar-refractivity contribution is 6.09. The molecule has 1 fully saturated rings. The van der Waals surface area contributed by atoms with E-state index in [1.807, 2.05) is 35.2 Å². The van der Waals surface area contributed by atoms with Gasteiger partial charge in [-0.05, 0) is 54.5 Å². The van der Waals surface area contributed by atoms with Gasteiger partial charge in [0.25, 0.3) is 5.91 Å². The maximum atomic E-state index is 13.7. The highest BCUT2D eigenvalue weighted by Gasteiger charge is 2.30. The lowest BCUT2D eigenvalue weighted by atomic mass is 9.98. The topological polar surface area (TPSA) is 42.4 Å². The molecule has 0 bridgehead atoms. The van der Waals surface area contributed by atoms with Crippen LogP contribution in [0.2, 0.25) is 0 Å². The van der Waals surface area contributed by atoms with Gasteiger partial charge in [0.05, 0.1) is 22.9 Å². The Morgan fingerprint density at radius 3 is 2.53 bits per heavy atom. The number of rotatable bonds is 3. The molecule has 0 spiro atoms. The number of hydrogen-bond acceptors (Lipinski definition) is 3. The number of hydrogen-bond donors (Lipinski definition) is 0. The lowest BCUT2D eigenvalue weighted by Crippen LogP contribution is -2.41. The molecule has 4 heteroatoms. The van der Waals surface area contributed by atoms with E-state index >= 15 is 0 Å². The molecule has 3 aromatic rings. The summed E-state index contributed by atoms with van der Waals surface area (Å²) in [5.41, 5.74) is 6.23. The summed E-state index contributed by atoms with van der Waals surface area (Å²) >= 11 is 0. The summed E-state index contributed by atoms with van der Waals surface area (Å²) in [4.78, 5) is 20.7. The van der Waals surface area contributed by atoms with Gasteiger partial charge in [-0.15, -0.1) is 0 Å². The highest BCUT2D eigenvalue weighted by Crippen LogP contribution is 2.38. The first-order valence-corrected chi connectivity index (χ1v) is 10.7. The summed E-state index contributed by atoms with van der Waals surface area (Å²) < 4.78 is 5.48. The van der Waals surface area contributed by atoms with Crippen LogP contribution in [0.3, 0.4) is 0 Å². The molecule has 0 saturated carbocycles. The average Bonchev–Trinajstić information content (AvgIpc) is 3.19. The van der Waals surface area contributed by atoms with Crippen molar-refractivity contribution in [1.82, 2.24) is 9.88 Å². The highest BCUT2D eigenvalue weighted by atomic mass is 16.5. The number of fused-ring (bicyclic) bond motifs is 2. The van der Waals surface area contributed by atoms with Crippen LogP contribution in [0.4, 0.5) is 0 Å². The smallest absolute Gasteiger partial charge is 0.254 e. The zero-order valence-electron chi connectivity index (χ0n) is 17.3. The largest absolute Gasteiger partial charge is 0.381 e.